The molecule has 136 valence electrons. The number of halogens is 2. The number of hydrogen-bond acceptors (Lipinski definition) is 2. The van der Waals surface area contributed by atoms with Gasteiger partial charge in [0.25, 0.3) is 0 Å². The van der Waals surface area contributed by atoms with E-state index in [2.05, 4.69) is 4.74 Å². The zero-order chi connectivity index (χ0) is 19.2. The van der Waals surface area contributed by atoms with E-state index < -0.39 is 12.6 Å². The van der Waals surface area contributed by atoms with Crippen molar-refractivity contribution in [3.05, 3.63) is 90.0 Å². The van der Waals surface area contributed by atoms with E-state index in [1.165, 1.54) is 18.2 Å². The maximum absolute atomic E-state index is 12.6. The smallest absolute Gasteiger partial charge is 0.387 e. The Morgan fingerprint density at radius 3 is 2.07 bits per heavy atom. The van der Waals surface area contributed by atoms with Crippen LogP contribution in [0.1, 0.15) is 11.1 Å². The molecular formula is C22H16F2O3. The summed E-state index contributed by atoms with van der Waals surface area (Å²) < 4.78 is 29.6. The Bertz CT molecular complexity index is 949. The Morgan fingerprint density at radius 1 is 0.852 bits per heavy atom. The van der Waals surface area contributed by atoms with Gasteiger partial charge in [0.1, 0.15) is 5.75 Å². The molecule has 5 heteroatoms. The number of benzene rings is 3. The molecule has 27 heavy (non-hydrogen) atoms. The molecule has 0 aliphatic rings. The third-order valence-electron chi connectivity index (χ3n) is 3.97. The van der Waals surface area contributed by atoms with Gasteiger partial charge in [-0.05, 0) is 28.8 Å². The SMILES string of the molecule is O=C(O)/C(=C\c1ccccc1OC(F)F)c1ccc(-c2ccccc2)cc1. The van der Waals surface area contributed by atoms with E-state index in [9.17, 15) is 18.7 Å². The Balaban J connectivity index is 1.97. The molecular weight excluding hydrogens is 350 g/mol. The van der Waals surface area contributed by atoms with E-state index in [0.29, 0.717) is 5.56 Å². The quantitative estimate of drug-likeness (QED) is 0.458. The van der Waals surface area contributed by atoms with Crippen LogP contribution in [-0.2, 0) is 4.79 Å². The number of aliphatic carboxylic acids is 1. The van der Waals surface area contributed by atoms with Gasteiger partial charge in [0.05, 0.1) is 5.57 Å². The summed E-state index contributed by atoms with van der Waals surface area (Å²) in [6.45, 7) is -2.99. The van der Waals surface area contributed by atoms with Gasteiger partial charge in [-0.2, -0.15) is 8.78 Å². The highest BCUT2D eigenvalue weighted by Gasteiger charge is 2.14. The number of hydrogen-bond donors (Lipinski definition) is 1. The lowest BCUT2D eigenvalue weighted by atomic mass is 9.98. The minimum atomic E-state index is -2.99. The highest BCUT2D eigenvalue weighted by molar-refractivity contribution is 6.20. The molecule has 0 aliphatic carbocycles. The number of alkyl halides is 2. The Kier molecular flexibility index (Phi) is 5.61. The second kappa shape index (κ2) is 8.27. The predicted octanol–water partition coefficient (Wildman–Crippen LogP) is 5.58. The van der Waals surface area contributed by atoms with E-state index in [-0.39, 0.29) is 16.9 Å². The van der Waals surface area contributed by atoms with Gasteiger partial charge >= 0.3 is 12.6 Å². The number of para-hydroxylation sites is 1. The lowest BCUT2D eigenvalue weighted by Gasteiger charge is -2.10. The van der Waals surface area contributed by atoms with E-state index >= 15 is 0 Å². The fraction of sp³-hybridized carbons (Fsp3) is 0.0455. The summed E-state index contributed by atoms with van der Waals surface area (Å²) in [7, 11) is 0. The lowest BCUT2D eigenvalue weighted by Crippen LogP contribution is -2.04. The van der Waals surface area contributed by atoms with Crippen LogP contribution in [0.3, 0.4) is 0 Å². The van der Waals surface area contributed by atoms with Gasteiger partial charge in [-0.25, -0.2) is 4.79 Å². The van der Waals surface area contributed by atoms with E-state index in [1.807, 2.05) is 42.5 Å². The van der Waals surface area contributed by atoms with Crippen LogP contribution >= 0.6 is 0 Å². The molecule has 0 fully saturated rings. The summed E-state index contributed by atoms with van der Waals surface area (Å²) >= 11 is 0. The van der Waals surface area contributed by atoms with Crippen LogP contribution in [0.15, 0.2) is 78.9 Å². The normalized spacial score (nSPS) is 11.4. The molecule has 3 rings (SSSR count). The largest absolute Gasteiger partial charge is 0.478 e. The molecule has 0 atom stereocenters. The van der Waals surface area contributed by atoms with E-state index in [0.717, 1.165) is 11.1 Å². The van der Waals surface area contributed by atoms with Gasteiger partial charge in [-0.1, -0.05) is 72.8 Å². The number of ether oxygens (including phenoxy) is 1. The van der Waals surface area contributed by atoms with Crippen molar-refractivity contribution in [1.82, 2.24) is 0 Å². The van der Waals surface area contributed by atoms with Gasteiger partial charge in [0.2, 0.25) is 0 Å². The Labute approximate surface area is 155 Å². The molecule has 3 aromatic rings. The summed E-state index contributed by atoms with van der Waals surface area (Å²) in [5.41, 5.74) is 2.68. The van der Waals surface area contributed by atoms with Crippen molar-refractivity contribution in [3.63, 3.8) is 0 Å². The highest BCUT2D eigenvalue weighted by atomic mass is 19.3. The van der Waals surface area contributed by atoms with Gasteiger partial charge in [0.15, 0.2) is 0 Å². The van der Waals surface area contributed by atoms with Crippen molar-refractivity contribution in [3.8, 4) is 16.9 Å². The first-order valence-corrected chi connectivity index (χ1v) is 8.19. The minimum Gasteiger partial charge on any atom is -0.478 e. The average Bonchev–Trinajstić information content (AvgIpc) is 2.67. The molecule has 3 nitrogen and oxygen atoms in total. The molecule has 0 saturated carbocycles. The second-order valence-electron chi connectivity index (χ2n) is 5.72. The van der Waals surface area contributed by atoms with Crippen molar-refractivity contribution in [2.75, 3.05) is 0 Å². The molecule has 0 radical (unpaired) electrons. The van der Waals surface area contributed by atoms with Crippen molar-refractivity contribution in [1.29, 1.82) is 0 Å². The molecule has 0 aromatic heterocycles. The van der Waals surface area contributed by atoms with Crippen LogP contribution in [0.4, 0.5) is 8.78 Å². The Morgan fingerprint density at radius 2 is 1.44 bits per heavy atom. The summed E-state index contributed by atoms with van der Waals surface area (Å²) in [5.74, 6) is -1.23. The summed E-state index contributed by atoms with van der Waals surface area (Å²) in [4.78, 5) is 11.7. The molecule has 0 bridgehead atoms. The van der Waals surface area contributed by atoms with Crippen LogP contribution in [0.5, 0.6) is 5.75 Å². The number of carboxylic acid groups (broad SMARTS) is 1. The number of rotatable bonds is 6. The molecule has 0 unspecified atom stereocenters. The van der Waals surface area contributed by atoms with Crippen molar-refractivity contribution < 1.29 is 23.4 Å². The van der Waals surface area contributed by atoms with E-state index in [1.54, 1.807) is 24.3 Å². The van der Waals surface area contributed by atoms with Crippen LogP contribution in [0.25, 0.3) is 22.8 Å². The van der Waals surface area contributed by atoms with Crippen LogP contribution in [-0.4, -0.2) is 17.7 Å². The second-order valence-corrected chi connectivity index (χ2v) is 5.72. The average molecular weight is 366 g/mol. The fourth-order valence-corrected chi connectivity index (χ4v) is 2.70. The van der Waals surface area contributed by atoms with Gasteiger partial charge in [0, 0.05) is 5.56 Å². The maximum atomic E-state index is 12.6. The first-order valence-electron chi connectivity index (χ1n) is 8.19. The fourth-order valence-electron chi connectivity index (χ4n) is 2.70. The van der Waals surface area contributed by atoms with Gasteiger partial charge in [-0.3, -0.25) is 0 Å². The third kappa shape index (κ3) is 4.58. The summed E-state index contributed by atoms with van der Waals surface area (Å²) in [6, 6.07) is 22.8. The first kappa shape index (κ1) is 18.3. The molecule has 0 saturated heterocycles. The first-order chi connectivity index (χ1) is 13.0. The summed E-state index contributed by atoms with van der Waals surface area (Å²) in [6.07, 6.45) is 1.33. The number of carboxylic acids is 1. The molecule has 3 aromatic carbocycles. The number of carbonyl (C=O) groups is 1. The lowest BCUT2D eigenvalue weighted by molar-refractivity contribution is -0.130. The molecule has 0 heterocycles. The van der Waals surface area contributed by atoms with Crippen LogP contribution in [0, 0.1) is 0 Å². The zero-order valence-electron chi connectivity index (χ0n) is 14.2. The molecule has 0 aliphatic heterocycles. The van der Waals surface area contributed by atoms with E-state index in [4.69, 9.17) is 0 Å². The molecule has 0 spiro atoms. The monoisotopic (exact) mass is 366 g/mol. The van der Waals surface area contributed by atoms with Crippen LogP contribution in [0.2, 0.25) is 0 Å². The van der Waals surface area contributed by atoms with Crippen LogP contribution < -0.4 is 4.74 Å². The van der Waals surface area contributed by atoms with Crippen molar-refractivity contribution in [2.45, 2.75) is 6.61 Å². The standard InChI is InChI=1S/C22H16F2O3/c23-22(24)27-20-9-5-4-8-18(20)14-19(21(25)26)17-12-10-16(11-13-17)15-6-2-1-3-7-15/h1-14,22H,(H,25,26)/b19-14-. The zero-order valence-corrected chi connectivity index (χ0v) is 14.2. The third-order valence-corrected chi connectivity index (χ3v) is 3.97. The highest BCUT2D eigenvalue weighted by Crippen LogP contribution is 2.28. The molecule has 0 amide bonds. The van der Waals surface area contributed by atoms with Crippen molar-refractivity contribution >= 4 is 17.6 Å². The maximum Gasteiger partial charge on any atom is 0.387 e. The van der Waals surface area contributed by atoms with Gasteiger partial charge in [-0.15, -0.1) is 0 Å². The molecule has 1 N–H and O–H groups in total. The minimum absolute atomic E-state index is 0.0140. The van der Waals surface area contributed by atoms with Gasteiger partial charge < -0.3 is 9.84 Å². The van der Waals surface area contributed by atoms with Crippen molar-refractivity contribution in [2.24, 2.45) is 0 Å². The topological polar surface area (TPSA) is 46.5 Å². The predicted molar refractivity (Wildman–Crippen MR) is 100 cm³/mol. The summed E-state index contributed by atoms with van der Waals surface area (Å²) in [5, 5.41) is 9.59. The Hall–Kier alpha value is -3.47.